The zero-order chi connectivity index (χ0) is 13.3. The molecule has 0 aliphatic carbocycles. The Morgan fingerprint density at radius 3 is 2.33 bits per heavy atom. The van der Waals surface area contributed by atoms with Crippen LogP contribution in [0.5, 0.6) is 0 Å². The highest BCUT2D eigenvalue weighted by Gasteiger charge is 2.38. The van der Waals surface area contributed by atoms with E-state index in [2.05, 4.69) is 67.6 Å². The van der Waals surface area contributed by atoms with Gasteiger partial charge in [0.1, 0.15) is 6.10 Å². The third kappa shape index (κ3) is 2.87. The van der Waals surface area contributed by atoms with Gasteiger partial charge >= 0.3 is 5.97 Å². The van der Waals surface area contributed by atoms with E-state index in [1.807, 2.05) is 0 Å². The zero-order valence-electron chi connectivity index (χ0n) is 11.0. The van der Waals surface area contributed by atoms with Crippen LogP contribution in [-0.2, 0) is 9.53 Å². The van der Waals surface area contributed by atoms with E-state index in [0.29, 0.717) is 16.3 Å². The number of esters is 1. The van der Waals surface area contributed by atoms with E-state index in [1.54, 1.807) is 0 Å². The molecule has 1 saturated heterocycles. The molecule has 3 heteroatoms. The van der Waals surface area contributed by atoms with Crippen LogP contribution in [0.2, 0.25) is 0 Å². The summed E-state index contributed by atoms with van der Waals surface area (Å²) in [6.45, 7) is 6.47. The smallest absolute Gasteiger partial charge is 0.306 e. The van der Waals surface area contributed by atoms with Gasteiger partial charge in [-0.1, -0.05) is 60.7 Å². The number of hydrogen-bond acceptors (Lipinski definition) is 2. The molecule has 1 fully saturated rings. The van der Waals surface area contributed by atoms with E-state index < -0.39 is 0 Å². The predicted molar refractivity (Wildman–Crippen MR) is 81.3 cm³/mol. The van der Waals surface area contributed by atoms with Crippen molar-refractivity contribution in [2.75, 3.05) is 0 Å². The van der Waals surface area contributed by atoms with E-state index in [9.17, 15) is 4.79 Å². The van der Waals surface area contributed by atoms with Gasteiger partial charge in [-0.05, 0) is 24.0 Å². The van der Waals surface area contributed by atoms with Crippen molar-refractivity contribution in [3.05, 3.63) is 35.4 Å². The molecule has 2 rings (SSSR count). The first-order valence-electron chi connectivity index (χ1n) is 6.42. The van der Waals surface area contributed by atoms with Crippen LogP contribution in [0.4, 0.5) is 0 Å². The van der Waals surface area contributed by atoms with Gasteiger partial charge in [-0.2, -0.15) is 0 Å². The molecule has 1 aliphatic rings. The molecule has 0 amide bonds. The summed E-state index contributed by atoms with van der Waals surface area (Å²) < 4.78 is 5.76. The molecule has 0 unspecified atom stereocenters. The lowest BCUT2D eigenvalue weighted by atomic mass is 9.89. The van der Waals surface area contributed by atoms with E-state index >= 15 is 0 Å². The molecular formula is C15H19IO2. The van der Waals surface area contributed by atoms with Crippen LogP contribution in [0.3, 0.4) is 0 Å². The van der Waals surface area contributed by atoms with Crippen molar-refractivity contribution < 1.29 is 9.53 Å². The molecule has 1 aromatic rings. The summed E-state index contributed by atoms with van der Waals surface area (Å²) in [7, 11) is 0. The maximum absolute atomic E-state index is 11.5. The minimum atomic E-state index is -0.0681. The number of ether oxygens (including phenoxy) is 1. The highest BCUT2D eigenvalue weighted by molar-refractivity contribution is 14.1. The number of carbonyl (C=O) groups excluding carboxylic acids is 1. The second kappa shape index (κ2) is 5.59. The lowest BCUT2D eigenvalue weighted by molar-refractivity contribution is -0.141. The Kier molecular flexibility index (Phi) is 4.30. The van der Waals surface area contributed by atoms with Crippen LogP contribution in [0.15, 0.2) is 24.3 Å². The molecule has 98 valence electrons. The Balaban J connectivity index is 2.22. The molecule has 2 nitrogen and oxygen atoms in total. The number of cyclic esters (lactones) is 1. The zero-order valence-corrected chi connectivity index (χ0v) is 13.2. The molecule has 18 heavy (non-hydrogen) atoms. The molecular weight excluding hydrogens is 339 g/mol. The minimum absolute atomic E-state index is 0.0167. The van der Waals surface area contributed by atoms with Gasteiger partial charge < -0.3 is 4.74 Å². The van der Waals surface area contributed by atoms with Crippen molar-refractivity contribution in [1.29, 1.82) is 0 Å². The third-order valence-electron chi connectivity index (χ3n) is 3.53. The molecule has 0 spiro atoms. The van der Waals surface area contributed by atoms with Crippen molar-refractivity contribution in [2.45, 2.75) is 49.1 Å². The molecule has 0 radical (unpaired) electrons. The Morgan fingerprint density at radius 2 is 1.83 bits per heavy atom. The van der Waals surface area contributed by atoms with Crippen molar-refractivity contribution in [3.63, 3.8) is 0 Å². The molecule has 0 N–H and O–H groups in total. The Morgan fingerprint density at radius 1 is 1.22 bits per heavy atom. The number of rotatable bonds is 3. The van der Waals surface area contributed by atoms with Gasteiger partial charge in [0.25, 0.3) is 0 Å². The normalized spacial score (nSPS) is 25.3. The quantitative estimate of drug-likeness (QED) is 0.463. The number of alkyl halides is 1. The summed E-state index contributed by atoms with van der Waals surface area (Å²) in [5.41, 5.74) is 2.56. The summed E-state index contributed by atoms with van der Waals surface area (Å²) in [5.74, 6) is 0.687. The Bertz CT molecular complexity index is 423. The van der Waals surface area contributed by atoms with Crippen LogP contribution >= 0.6 is 22.6 Å². The summed E-state index contributed by atoms with van der Waals surface area (Å²) >= 11 is 2.34. The van der Waals surface area contributed by atoms with Crippen molar-refractivity contribution in [2.24, 2.45) is 0 Å². The van der Waals surface area contributed by atoms with Crippen molar-refractivity contribution >= 4 is 28.6 Å². The van der Waals surface area contributed by atoms with Crippen molar-refractivity contribution in [1.82, 2.24) is 0 Å². The van der Waals surface area contributed by atoms with Gasteiger partial charge in [-0.3, -0.25) is 4.79 Å². The molecule has 0 saturated carbocycles. The van der Waals surface area contributed by atoms with Crippen LogP contribution in [0.1, 0.15) is 50.2 Å². The summed E-state index contributed by atoms with van der Waals surface area (Å²) in [4.78, 5) is 11.5. The van der Waals surface area contributed by atoms with Crippen LogP contribution in [-0.4, -0.2) is 16.0 Å². The fourth-order valence-corrected chi connectivity index (χ4v) is 3.08. The molecule has 3 atom stereocenters. The monoisotopic (exact) mass is 358 g/mol. The first-order chi connectivity index (χ1) is 8.49. The molecule has 0 bridgehead atoms. The summed E-state index contributed by atoms with van der Waals surface area (Å²) in [6, 6.07) is 8.62. The molecule has 1 aliphatic heterocycles. The lowest BCUT2D eigenvalue weighted by Crippen LogP contribution is -2.23. The summed E-state index contributed by atoms with van der Waals surface area (Å²) in [5, 5.41) is 0. The van der Waals surface area contributed by atoms with Gasteiger partial charge in [0.05, 0.1) is 6.42 Å². The number of benzene rings is 1. The fraction of sp³-hybridized carbons (Fsp3) is 0.533. The topological polar surface area (TPSA) is 26.3 Å². The lowest BCUT2D eigenvalue weighted by Gasteiger charge is -2.20. The van der Waals surface area contributed by atoms with Gasteiger partial charge in [-0.25, -0.2) is 0 Å². The average Bonchev–Trinajstić information content (AvgIpc) is 2.71. The first kappa shape index (κ1) is 13.8. The van der Waals surface area contributed by atoms with Gasteiger partial charge in [0.2, 0.25) is 0 Å². The first-order valence-corrected chi connectivity index (χ1v) is 7.67. The largest absolute Gasteiger partial charge is 0.461 e. The maximum atomic E-state index is 11.5. The predicted octanol–water partition coefficient (Wildman–Crippen LogP) is 4.03. The Hall–Kier alpha value is -0.580. The average molecular weight is 358 g/mol. The SMILES string of the molecule is CC(C)c1ccc([C@H]2CC(=O)O[C@@H]2[C@@H](C)I)cc1. The molecule has 1 heterocycles. The van der Waals surface area contributed by atoms with E-state index in [1.165, 1.54) is 11.1 Å². The highest BCUT2D eigenvalue weighted by atomic mass is 127. The van der Waals surface area contributed by atoms with Crippen LogP contribution in [0, 0.1) is 0 Å². The minimum Gasteiger partial charge on any atom is -0.461 e. The maximum Gasteiger partial charge on any atom is 0.306 e. The van der Waals surface area contributed by atoms with E-state index in [0.717, 1.165) is 0 Å². The fourth-order valence-electron chi connectivity index (χ4n) is 2.43. The number of carbonyl (C=O) groups is 1. The number of halogens is 1. The van der Waals surface area contributed by atoms with E-state index in [-0.39, 0.29) is 18.0 Å². The van der Waals surface area contributed by atoms with Gasteiger partial charge in [0, 0.05) is 9.84 Å². The summed E-state index contributed by atoms with van der Waals surface area (Å²) in [6.07, 6.45) is 0.530. The van der Waals surface area contributed by atoms with Gasteiger partial charge in [-0.15, -0.1) is 0 Å². The Labute approximate surface area is 122 Å². The third-order valence-corrected chi connectivity index (χ3v) is 4.24. The second-order valence-electron chi connectivity index (χ2n) is 5.26. The standard InChI is InChI=1S/C15H19IO2/c1-9(2)11-4-6-12(7-5-11)13-8-14(17)18-15(13)10(3)16/h4-7,9-10,13,15H,8H2,1-3H3/t10-,13-,15-/m1/s1. The van der Waals surface area contributed by atoms with Gasteiger partial charge in [0.15, 0.2) is 0 Å². The molecule has 0 aromatic heterocycles. The second-order valence-corrected chi connectivity index (χ2v) is 7.23. The highest BCUT2D eigenvalue weighted by Crippen LogP contribution is 2.36. The van der Waals surface area contributed by atoms with Crippen LogP contribution < -0.4 is 0 Å². The van der Waals surface area contributed by atoms with E-state index in [4.69, 9.17) is 4.74 Å². The molecule has 1 aromatic carbocycles. The van der Waals surface area contributed by atoms with Crippen LogP contribution in [0.25, 0.3) is 0 Å². The van der Waals surface area contributed by atoms with Crippen molar-refractivity contribution in [3.8, 4) is 0 Å². The number of hydrogen-bond donors (Lipinski definition) is 0.